The van der Waals surface area contributed by atoms with Gasteiger partial charge >= 0.3 is 6.16 Å². The van der Waals surface area contributed by atoms with Crippen LogP contribution in [0.4, 0.5) is 4.79 Å². The number of carbonyl (C=O) groups is 1. The normalized spacial score (nSPS) is 25.2. The SMILES string of the molecule is CC(C)(C)P1(=O)COc2cc(O)cc(OCc3ccccc3)c21.CC(C)[C@H]1CC[C@H](C)C[C@@H]1OC(=O)Oc1cc(O)c2c(c1)OCP2(=O)C(C)(C)C. The highest BCUT2D eigenvalue weighted by Crippen LogP contribution is 2.64. The summed E-state index contributed by atoms with van der Waals surface area (Å²) in [6.07, 6.45) is 2.22. The molecule has 6 rings (SSSR count). The van der Waals surface area contributed by atoms with Gasteiger partial charge in [0.1, 0.15) is 59.9 Å². The van der Waals surface area contributed by atoms with Crippen LogP contribution in [0, 0.1) is 17.8 Å². The van der Waals surface area contributed by atoms with Crippen LogP contribution in [0.2, 0.25) is 0 Å². The van der Waals surface area contributed by atoms with Crippen LogP contribution < -0.4 is 29.6 Å². The Bertz CT molecular complexity index is 1860. The van der Waals surface area contributed by atoms with Gasteiger partial charge in [0.2, 0.25) is 0 Å². The van der Waals surface area contributed by atoms with Crippen molar-refractivity contribution in [3.63, 3.8) is 0 Å². The minimum atomic E-state index is -2.93. The summed E-state index contributed by atoms with van der Waals surface area (Å²) in [7, 11) is -5.72. The lowest BCUT2D eigenvalue weighted by molar-refractivity contribution is -0.0137. The maximum atomic E-state index is 13.5. The average molecular weight is 757 g/mol. The van der Waals surface area contributed by atoms with Crippen LogP contribution >= 0.6 is 14.3 Å². The third-order valence-corrected chi connectivity index (χ3v) is 18.0. The number of aromatic hydroxyl groups is 2. The fourth-order valence-corrected chi connectivity index (χ4v) is 11.9. The first-order valence-corrected chi connectivity index (χ1v) is 21.8. The molecule has 1 fully saturated rings. The first-order valence-electron chi connectivity index (χ1n) is 18.0. The van der Waals surface area contributed by atoms with E-state index in [0.717, 1.165) is 24.8 Å². The zero-order valence-corrected chi connectivity index (χ0v) is 33.6. The number of ether oxygens (including phenoxy) is 5. The van der Waals surface area contributed by atoms with Gasteiger partial charge in [0, 0.05) is 34.6 Å². The molecular weight excluding hydrogens is 702 g/mol. The molecular formula is C40H54O10P2. The number of phenolic OH excluding ortho intramolecular Hbond substituents is 2. The van der Waals surface area contributed by atoms with Gasteiger partial charge < -0.3 is 43.0 Å². The van der Waals surface area contributed by atoms with E-state index in [4.69, 9.17) is 23.7 Å². The molecule has 2 N–H and O–H groups in total. The summed E-state index contributed by atoms with van der Waals surface area (Å²) in [4.78, 5) is 12.4. The van der Waals surface area contributed by atoms with Crippen molar-refractivity contribution < 1.29 is 47.8 Å². The van der Waals surface area contributed by atoms with Gasteiger partial charge in [-0.25, -0.2) is 4.79 Å². The van der Waals surface area contributed by atoms with Gasteiger partial charge in [0.25, 0.3) is 0 Å². The zero-order chi connectivity index (χ0) is 38.2. The van der Waals surface area contributed by atoms with Crippen molar-refractivity contribution in [2.45, 2.75) is 105 Å². The highest BCUT2D eigenvalue weighted by molar-refractivity contribution is 7.74. The van der Waals surface area contributed by atoms with Gasteiger partial charge in [-0.1, -0.05) is 99.1 Å². The van der Waals surface area contributed by atoms with E-state index in [1.807, 2.05) is 71.9 Å². The third-order valence-electron chi connectivity index (χ3n) is 10.4. The van der Waals surface area contributed by atoms with Crippen molar-refractivity contribution in [1.82, 2.24) is 0 Å². The minimum absolute atomic E-state index is 0.0311. The molecule has 3 aliphatic rings. The Morgan fingerprint density at radius 2 is 1.46 bits per heavy atom. The van der Waals surface area contributed by atoms with E-state index >= 15 is 0 Å². The lowest BCUT2D eigenvalue weighted by atomic mass is 9.75. The molecule has 0 radical (unpaired) electrons. The molecule has 10 nitrogen and oxygen atoms in total. The van der Waals surface area contributed by atoms with Crippen molar-refractivity contribution in [3.8, 4) is 34.5 Å². The van der Waals surface area contributed by atoms with Gasteiger partial charge in [-0.15, -0.1) is 0 Å². The zero-order valence-electron chi connectivity index (χ0n) is 31.8. The number of phenols is 2. The fraction of sp³-hybridized carbons (Fsp3) is 0.525. The average Bonchev–Trinajstić information content (AvgIpc) is 3.58. The van der Waals surface area contributed by atoms with Crippen molar-refractivity contribution in [3.05, 3.63) is 60.2 Å². The van der Waals surface area contributed by atoms with Crippen LogP contribution in [0.5, 0.6) is 34.5 Å². The molecule has 0 bridgehead atoms. The maximum absolute atomic E-state index is 13.5. The number of rotatable bonds is 6. The Kier molecular flexibility index (Phi) is 11.4. The van der Waals surface area contributed by atoms with Gasteiger partial charge in [0.05, 0.1) is 10.6 Å². The van der Waals surface area contributed by atoms with Crippen molar-refractivity contribution in [1.29, 1.82) is 0 Å². The number of hydrogen-bond donors (Lipinski definition) is 2. The lowest BCUT2D eigenvalue weighted by Gasteiger charge is -2.36. The van der Waals surface area contributed by atoms with Crippen LogP contribution in [0.1, 0.15) is 87.1 Å². The molecule has 0 saturated heterocycles. The van der Waals surface area contributed by atoms with E-state index in [0.29, 0.717) is 52.2 Å². The Balaban J connectivity index is 0.000000206. The first-order chi connectivity index (χ1) is 24.2. The van der Waals surface area contributed by atoms with Gasteiger partial charge in [-0.2, -0.15) is 0 Å². The summed E-state index contributed by atoms with van der Waals surface area (Å²) in [5, 5.41) is 20.4. The van der Waals surface area contributed by atoms with Crippen LogP contribution in [-0.2, 0) is 20.5 Å². The molecule has 0 spiro atoms. The van der Waals surface area contributed by atoms with Crippen LogP contribution in [0.25, 0.3) is 0 Å². The van der Waals surface area contributed by atoms with Crippen LogP contribution in [0.3, 0.4) is 0 Å². The summed E-state index contributed by atoms with van der Waals surface area (Å²) in [6.45, 7) is 18.2. The third kappa shape index (κ3) is 8.14. The highest BCUT2D eigenvalue weighted by Gasteiger charge is 2.48. The largest absolute Gasteiger partial charge is 0.514 e. The minimum Gasteiger partial charge on any atom is -0.508 e. The Labute approximate surface area is 307 Å². The monoisotopic (exact) mass is 756 g/mol. The lowest BCUT2D eigenvalue weighted by Crippen LogP contribution is -2.36. The highest BCUT2D eigenvalue weighted by atomic mass is 31.2. The molecule has 3 aromatic carbocycles. The molecule has 2 unspecified atom stereocenters. The van der Waals surface area contributed by atoms with E-state index in [9.17, 15) is 24.1 Å². The van der Waals surface area contributed by atoms with Gasteiger partial charge in [-0.3, -0.25) is 0 Å². The van der Waals surface area contributed by atoms with Crippen LogP contribution in [0.15, 0.2) is 54.6 Å². The number of hydrogen-bond acceptors (Lipinski definition) is 10. The van der Waals surface area contributed by atoms with Crippen molar-refractivity contribution in [2.75, 3.05) is 12.7 Å². The molecule has 284 valence electrons. The molecule has 3 aromatic rings. The predicted molar refractivity (Wildman–Crippen MR) is 204 cm³/mol. The molecule has 1 aliphatic carbocycles. The summed E-state index contributed by atoms with van der Waals surface area (Å²) < 4.78 is 55.0. The molecule has 0 amide bonds. The molecule has 12 heteroatoms. The van der Waals surface area contributed by atoms with Gasteiger partial charge in [0.15, 0.2) is 14.3 Å². The molecule has 5 atom stereocenters. The molecule has 1 saturated carbocycles. The van der Waals surface area contributed by atoms with E-state index < -0.39 is 30.8 Å². The number of benzene rings is 3. The van der Waals surface area contributed by atoms with Crippen molar-refractivity contribution >= 4 is 31.0 Å². The Morgan fingerprint density at radius 1 is 0.865 bits per heavy atom. The number of fused-ring (bicyclic) bond motifs is 2. The molecule has 2 aliphatic heterocycles. The maximum Gasteiger partial charge on any atom is 0.514 e. The second-order valence-corrected chi connectivity index (χ2v) is 23.6. The topological polar surface area (TPSA) is 138 Å². The summed E-state index contributed by atoms with van der Waals surface area (Å²) in [5.74, 6) is 2.45. The summed E-state index contributed by atoms with van der Waals surface area (Å²) in [5.41, 5.74) is 1.01. The Hall–Kier alpha value is -3.61. The van der Waals surface area contributed by atoms with Gasteiger partial charge in [-0.05, 0) is 36.2 Å². The van der Waals surface area contributed by atoms with E-state index in [1.54, 1.807) is 0 Å². The first kappa shape index (κ1) is 39.6. The molecule has 2 heterocycles. The van der Waals surface area contributed by atoms with E-state index in [-0.39, 0.29) is 36.0 Å². The van der Waals surface area contributed by atoms with Crippen LogP contribution in [-0.4, -0.2) is 45.5 Å². The summed E-state index contributed by atoms with van der Waals surface area (Å²) in [6, 6.07) is 15.6. The second kappa shape index (κ2) is 15.0. The standard InChI is InChI=1S/C22H33O6P.C18H21O4P/c1-13(2)16-8-7-14(3)9-18(16)28-21(24)27-15-10-17(23)20-19(11-15)26-12-29(20,25)22(4,5)6;1-18(2,3)23(20)12-22-16-10-14(19)9-15(17(16)23)21-11-13-7-5-4-6-8-13/h10-11,13-14,16,18,23H,7-9,12H2,1-6H3;4-10,19H,11-12H2,1-3H3/t14-,16+,18-,29?;/m0./s1. The molecule has 52 heavy (non-hydrogen) atoms. The van der Waals surface area contributed by atoms with E-state index in [2.05, 4.69) is 20.8 Å². The van der Waals surface area contributed by atoms with E-state index in [1.165, 1.54) is 24.3 Å². The quantitative estimate of drug-likeness (QED) is 0.142. The second-order valence-electron chi connectivity index (χ2n) is 16.6. The summed E-state index contributed by atoms with van der Waals surface area (Å²) >= 11 is 0. The smallest absolute Gasteiger partial charge is 0.508 e. The predicted octanol–water partition coefficient (Wildman–Crippen LogP) is 9.61. The van der Waals surface area contributed by atoms with Crippen molar-refractivity contribution in [2.24, 2.45) is 17.8 Å². The molecule has 0 aromatic heterocycles. The number of carbonyl (C=O) groups excluding carboxylic acids is 1. The fourth-order valence-electron chi connectivity index (χ4n) is 6.98. The Morgan fingerprint density at radius 3 is 2.06 bits per heavy atom.